The van der Waals surface area contributed by atoms with Gasteiger partial charge in [0, 0.05) is 10.9 Å². The van der Waals surface area contributed by atoms with Gasteiger partial charge in [-0.15, -0.1) is 0 Å². The number of ketones is 1. The highest BCUT2D eigenvalue weighted by Gasteiger charge is 2.31. The van der Waals surface area contributed by atoms with Gasteiger partial charge in [-0.3, -0.25) is 4.79 Å². The van der Waals surface area contributed by atoms with Crippen molar-refractivity contribution < 1.29 is 18.0 Å². The maximum absolute atomic E-state index is 12.6. The van der Waals surface area contributed by atoms with E-state index in [1.165, 1.54) is 0 Å². The highest BCUT2D eigenvalue weighted by molar-refractivity contribution is 9.10. The molecule has 0 aromatic heterocycles. The van der Waals surface area contributed by atoms with E-state index in [0.717, 1.165) is 12.1 Å². The van der Waals surface area contributed by atoms with Gasteiger partial charge < -0.3 is 0 Å². The van der Waals surface area contributed by atoms with Crippen LogP contribution in [0.15, 0.2) is 22.7 Å². The van der Waals surface area contributed by atoms with Crippen LogP contribution in [0.5, 0.6) is 0 Å². The molecule has 1 atom stereocenters. The van der Waals surface area contributed by atoms with Crippen LogP contribution in [0, 0.1) is 0 Å². The summed E-state index contributed by atoms with van der Waals surface area (Å²) in [5, 5.41) is 0. The number of hydrogen-bond donors (Lipinski definition) is 0. The minimum Gasteiger partial charge on any atom is -0.298 e. The lowest BCUT2D eigenvalue weighted by atomic mass is 10.0. The molecule has 0 aliphatic carbocycles. The molecule has 0 fully saturated rings. The quantitative estimate of drug-likeness (QED) is 0.681. The van der Waals surface area contributed by atoms with E-state index in [0.29, 0.717) is 16.5 Å². The molecule has 1 unspecified atom stereocenters. The maximum Gasteiger partial charge on any atom is 0.416 e. The van der Waals surface area contributed by atoms with E-state index in [4.69, 9.17) is 0 Å². The molecule has 0 saturated carbocycles. The van der Waals surface area contributed by atoms with Gasteiger partial charge in [0.1, 0.15) is 5.78 Å². The van der Waals surface area contributed by atoms with Crippen LogP contribution in [-0.4, -0.2) is 10.6 Å². The first-order valence-electron chi connectivity index (χ1n) is 5.27. The zero-order valence-electron chi connectivity index (χ0n) is 9.52. The summed E-state index contributed by atoms with van der Waals surface area (Å²) >= 11 is 6.24. The minimum atomic E-state index is -4.38. The molecule has 18 heavy (non-hydrogen) atoms. The van der Waals surface area contributed by atoms with E-state index in [1.807, 2.05) is 0 Å². The molecule has 0 N–H and O–H groups in total. The number of hydrogen-bond acceptors (Lipinski definition) is 1. The van der Waals surface area contributed by atoms with E-state index in [9.17, 15) is 18.0 Å². The summed E-state index contributed by atoms with van der Waals surface area (Å²) in [5.74, 6) is -0.0245. The Bertz CT molecular complexity index is 443. The molecular weight excluding hydrogens is 377 g/mol. The van der Waals surface area contributed by atoms with Crippen molar-refractivity contribution in [2.24, 2.45) is 0 Å². The fraction of sp³-hybridized carbons (Fsp3) is 0.417. The molecule has 0 bridgehead atoms. The Morgan fingerprint density at radius 2 is 1.94 bits per heavy atom. The molecule has 1 aromatic carbocycles. The molecule has 1 aromatic rings. The number of benzene rings is 1. The molecule has 0 aliphatic rings. The van der Waals surface area contributed by atoms with E-state index in [2.05, 4.69) is 31.9 Å². The second-order valence-corrected chi connectivity index (χ2v) is 5.86. The Morgan fingerprint density at radius 3 is 2.44 bits per heavy atom. The zero-order valence-corrected chi connectivity index (χ0v) is 12.7. The summed E-state index contributed by atoms with van der Waals surface area (Å²) < 4.78 is 38.2. The predicted octanol–water partition coefficient (Wildman–Crippen LogP) is 4.75. The summed E-state index contributed by atoms with van der Waals surface area (Å²) in [6.07, 6.45) is -3.78. The Hall–Kier alpha value is -0.360. The first-order valence-corrected chi connectivity index (χ1v) is 6.98. The van der Waals surface area contributed by atoms with Crippen LogP contribution in [-0.2, 0) is 17.4 Å². The van der Waals surface area contributed by atoms with Crippen molar-refractivity contribution in [1.29, 1.82) is 0 Å². The molecule has 0 aliphatic heterocycles. The highest BCUT2D eigenvalue weighted by atomic mass is 79.9. The van der Waals surface area contributed by atoms with Crippen LogP contribution in [0.4, 0.5) is 13.2 Å². The van der Waals surface area contributed by atoms with Crippen molar-refractivity contribution in [3.63, 3.8) is 0 Å². The summed E-state index contributed by atoms with van der Waals surface area (Å²) in [6.45, 7) is 1.72. The van der Waals surface area contributed by atoms with Gasteiger partial charge in [0.25, 0.3) is 0 Å². The smallest absolute Gasteiger partial charge is 0.298 e. The minimum absolute atomic E-state index is 0.0245. The summed E-state index contributed by atoms with van der Waals surface area (Å²) in [5.41, 5.74) is -0.240. The molecule has 0 radical (unpaired) electrons. The Morgan fingerprint density at radius 1 is 1.33 bits per heavy atom. The summed E-state index contributed by atoms with van der Waals surface area (Å²) in [7, 11) is 0. The average molecular weight is 388 g/mol. The lowest BCUT2D eigenvalue weighted by Gasteiger charge is -2.12. The molecule has 6 heteroatoms. The average Bonchev–Trinajstić information content (AvgIpc) is 2.25. The van der Waals surface area contributed by atoms with Gasteiger partial charge in [0.05, 0.1) is 10.4 Å². The first kappa shape index (κ1) is 15.7. The largest absolute Gasteiger partial charge is 0.416 e. The molecule has 1 nitrogen and oxygen atoms in total. The maximum atomic E-state index is 12.6. The third-order valence-corrected chi connectivity index (χ3v) is 3.69. The van der Waals surface area contributed by atoms with Gasteiger partial charge in [0.15, 0.2) is 0 Å². The van der Waals surface area contributed by atoms with Gasteiger partial charge in [-0.2, -0.15) is 13.2 Å². The summed E-state index contributed by atoms with van der Waals surface area (Å²) in [4.78, 5) is 11.0. The van der Waals surface area contributed by atoms with Gasteiger partial charge in [-0.1, -0.05) is 38.8 Å². The number of rotatable bonds is 4. The molecule has 0 heterocycles. The van der Waals surface area contributed by atoms with Crippen molar-refractivity contribution in [3.8, 4) is 0 Å². The van der Waals surface area contributed by atoms with E-state index >= 15 is 0 Å². The van der Waals surface area contributed by atoms with Crippen molar-refractivity contribution in [2.75, 3.05) is 0 Å². The number of halogens is 5. The molecule has 100 valence electrons. The second kappa shape index (κ2) is 6.19. The van der Waals surface area contributed by atoms with Crippen LogP contribution < -0.4 is 0 Å². The Kier molecular flexibility index (Phi) is 5.40. The van der Waals surface area contributed by atoms with Gasteiger partial charge >= 0.3 is 6.18 Å². The van der Waals surface area contributed by atoms with Crippen molar-refractivity contribution in [1.82, 2.24) is 0 Å². The van der Waals surface area contributed by atoms with Gasteiger partial charge in [-0.25, -0.2) is 0 Å². The second-order valence-electron chi connectivity index (χ2n) is 3.84. The summed E-state index contributed by atoms with van der Waals surface area (Å²) in [6, 6.07) is 3.68. The van der Waals surface area contributed by atoms with Crippen LogP contribution in [0.25, 0.3) is 0 Å². The number of carbonyl (C=O) groups excluding carboxylic acids is 1. The SMILES string of the molecule is CCC(=O)C(Br)Cc1cc(Br)cc(C(F)(F)F)c1. The zero-order chi connectivity index (χ0) is 13.9. The van der Waals surface area contributed by atoms with Crippen molar-refractivity contribution in [3.05, 3.63) is 33.8 Å². The standard InChI is InChI=1S/C12H11Br2F3O/c1-2-11(18)10(14)5-7-3-8(12(15,16)17)6-9(13)4-7/h3-4,6,10H,2,5H2,1H3. The highest BCUT2D eigenvalue weighted by Crippen LogP contribution is 2.32. The number of carbonyl (C=O) groups is 1. The van der Waals surface area contributed by atoms with E-state index in [-0.39, 0.29) is 12.2 Å². The van der Waals surface area contributed by atoms with Gasteiger partial charge in [0.2, 0.25) is 0 Å². The normalized spacial score (nSPS) is 13.4. The van der Waals surface area contributed by atoms with Crippen LogP contribution >= 0.6 is 31.9 Å². The lowest BCUT2D eigenvalue weighted by molar-refractivity contribution is -0.137. The van der Waals surface area contributed by atoms with Crippen molar-refractivity contribution in [2.45, 2.75) is 30.8 Å². The van der Waals surface area contributed by atoms with E-state index in [1.54, 1.807) is 13.0 Å². The Balaban J connectivity index is 2.97. The van der Waals surface area contributed by atoms with Crippen LogP contribution in [0.3, 0.4) is 0 Å². The third-order valence-electron chi connectivity index (χ3n) is 2.40. The molecule has 0 amide bonds. The fourth-order valence-corrected chi connectivity index (χ4v) is 2.71. The monoisotopic (exact) mass is 386 g/mol. The topological polar surface area (TPSA) is 17.1 Å². The van der Waals surface area contributed by atoms with Crippen LogP contribution in [0.2, 0.25) is 0 Å². The third kappa shape index (κ3) is 4.39. The number of alkyl halides is 4. The van der Waals surface area contributed by atoms with Crippen LogP contribution in [0.1, 0.15) is 24.5 Å². The molecule has 0 spiro atoms. The van der Waals surface area contributed by atoms with Crippen molar-refractivity contribution >= 4 is 37.6 Å². The molecular formula is C12H11Br2F3O. The Labute approximate surface area is 120 Å². The molecule has 1 rings (SSSR count). The lowest BCUT2D eigenvalue weighted by Crippen LogP contribution is -2.16. The predicted molar refractivity (Wildman–Crippen MR) is 70.9 cm³/mol. The van der Waals surface area contributed by atoms with E-state index < -0.39 is 16.6 Å². The molecule has 0 saturated heterocycles. The first-order chi connectivity index (χ1) is 8.24. The fourth-order valence-electron chi connectivity index (χ4n) is 1.47. The van der Waals surface area contributed by atoms with Gasteiger partial charge in [-0.05, 0) is 30.2 Å². The number of Topliss-reactive ketones (excluding diaryl/α,β-unsaturated/α-hetero) is 1.